The summed E-state index contributed by atoms with van der Waals surface area (Å²) >= 11 is 1.86. The van der Waals surface area contributed by atoms with Crippen LogP contribution in [0.3, 0.4) is 0 Å². The van der Waals surface area contributed by atoms with Crippen molar-refractivity contribution >= 4 is 22.5 Å². The van der Waals surface area contributed by atoms with E-state index in [0.717, 1.165) is 26.3 Å². The van der Waals surface area contributed by atoms with Gasteiger partial charge in [-0.05, 0) is 24.3 Å². The number of ether oxygens (including phenoxy) is 1. The Morgan fingerprint density at radius 2 is 2.00 bits per heavy atom. The maximum absolute atomic E-state index is 5.42. The van der Waals surface area contributed by atoms with Crippen molar-refractivity contribution in [2.45, 2.75) is 32.1 Å². The molecule has 1 aromatic heterocycles. The fraction of sp³-hybridized carbons (Fsp3) is 0.667. The molecule has 0 unspecified atom stereocenters. The number of rotatable bonds is 1. The second-order valence-electron chi connectivity index (χ2n) is 5.99. The lowest BCUT2D eigenvalue weighted by atomic mass is 9.78. The van der Waals surface area contributed by atoms with Gasteiger partial charge in [-0.2, -0.15) is 0 Å². The van der Waals surface area contributed by atoms with Crippen molar-refractivity contribution in [2.24, 2.45) is 5.41 Å². The Morgan fingerprint density at radius 3 is 2.79 bits per heavy atom. The highest BCUT2D eigenvalue weighted by Crippen LogP contribution is 2.47. The van der Waals surface area contributed by atoms with E-state index in [0.29, 0.717) is 5.41 Å². The van der Waals surface area contributed by atoms with Crippen LogP contribution in [0, 0.1) is 5.41 Å². The van der Waals surface area contributed by atoms with Crippen LogP contribution in [0.15, 0.2) is 6.08 Å². The fourth-order valence-corrected chi connectivity index (χ4v) is 4.60. The van der Waals surface area contributed by atoms with Gasteiger partial charge in [0.2, 0.25) is 0 Å². The van der Waals surface area contributed by atoms with Crippen LogP contribution in [0.4, 0.5) is 5.13 Å². The first-order chi connectivity index (χ1) is 9.35. The summed E-state index contributed by atoms with van der Waals surface area (Å²) in [6, 6.07) is 0. The van der Waals surface area contributed by atoms with E-state index in [1.54, 1.807) is 0 Å². The van der Waals surface area contributed by atoms with Crippen LogP contribution < -0.4 is 4.90 Å². The molecule has 0 radical (unpaired) electrons. The van der Waals surface area contributed by atoms with E-state index in [9.17, 15) is 0 Å². The average Bonchev–Trinajstić information content (AvgIpc) is 3.07. The minimum Gasteiger partial charge on any atom is -0.378 e. The lowest BCUT2D eigenvalue weighted by Gasteiger charge is -2.27. The Morgan fingerprint density at radius 1 is 1.21 bits per heavy atom. The Labute approximate surface area is 118 Å². The molecular weight excluding hydrogens is 256 g/mol. The molecule has 4 rings (SSSR count). The predicted molar refractivity (Wildman–Crippen MR) is 78.8 cm³/mol. The Bertz CT molecular complexity index is 496. The van der Waals surface area contributed by atoms with Gasteiger partial charge in [-0.3, -0.25) is 0 Å². The van der Waals surface area contributed by atoms with Gasteiger partial charge in [0.1, 0.15) is 0 Å². The van der Waals surface area contributed by atoms with Crippen molar-refractivity contribution in [1.82, 2.24) is 4.98 Å². The first kappa shape index (κ1) is 11.9. The van der Waals surface area contributed by atoms with Gasteiger partial charge >= 0.3 is 0 Å². The molecule has 0 bridgehead atoms. The molecule has 102 valence electrons. The Hall–Kier alpha value is -0.870. The van der Waals surface area contributed by atoms with Crippen LogP contribution in [-0.2, 0) is 11.2 Å². The fourth-order valence-electron chi connectivity index (χ4n) is 3.56. The predicted octanol–water partition coefficient (Wildman–Crippen LogP) is 3.11. The summed E-state index contributed by atoms with van der Waals surface area (Å²) in [6.07, 6.45) is 11.5. The quantitative estimate of drug-likeness (QED) is 0.788. The third kappa shape index (κ3) is 2.11. The molecule has 0 aromatic carbocycles. The third-order valence-electron chi connectivity index (χ3n) is 4.70. The van der Waals surface area contributed by atoms with Gasteiger partial charge in [-0.15, -0.1) is 0 Å². The number of hydrogen-bond acceptors (Lipinski definition) is 4. The van der Waals surface area contributed by atoms with Crippen molar-refractivity contribution in [3.8, 4) is 0 Å². The number of fused-ring (bicyclic) bond motifs is 1. The molecule has 1 saturated carbocycles. The van der Waals surface area contributed by atoms with Crippen LogP contribution in [0.1, 0.15) is 36.3 Å². The van der Waals surface area contributed by atoms with Gasteiger partial charge in [0.25, 0.3) is 0 Å². The van der Waals surface area contributed by atoms with E-state index in [4.69, 9.17) is 9.72 Å². The van der Waals surface area contributed by atoms with Crippen molar-refractivity contribution in [2.75, 3.05) is 31.2 Å². The molecule has 0 amide bonds. The monoisotopic (exact) mass is 276 g/mol. The topological polar surface area (TPSA) is 25.4 Å². The molecule has 3 nitrogen and oxygen atoms in total. The molecule has 1 aliphatic heterocycles. The molecule has 3 aliphatic rings. The van der Waals surface area contributed by atoms with E-state index >= 15 is 0 Å². The summed E-state index contributed by atoms with van der Waals surface area (Å²) in [4.78, 5) is 8.70. The molecule has 2 aliphatic carbocycles. The van der Waals surface area contributed by atoms with Crippen LogP contribution in [0.25, 0.3) is 6.08 Å². The average molecular weight is 276 g/mol. The van der Waals surface area contributed by atoms with Crippen molar-refractivity contribution in [3.05, 3.63) is 16.6 Å². The Kier molecular flexibility index (Phi) is 2.88. The number of nitrogens with zero attached hydrogens (tertiary/aromatic N) is 2. The maximum atomic E-state index is 5.42. The van der Waals surface area contributed by atoms with E-state index in [1.807, 2.05) is 11.3 Å². The van der Waals surface area contributed by atoms with Crippen LogP contribution in [0.5, 0.6) is 0 Å². The van der Waals surface area contributed by atoms with E-state index in [-0.39, 0.29) is 0 Å². The highest BCUT2D eigenvalue weighted by Gasteiger charge is 2.35. The summed E-state index contributed by atoms with van der Waals surface area (Å²) in [7, 11) is 0. The zero-order valence-electron chi connectivity index (χ0n) is 11.2. The van der Waals surface area contributed by atoms with Crippen LogP contribution in [0.2, 0.25) is 0 Å². The second kappa shape index (κ2) is 4.60. The first-order valence-electron chi connectivity index (χ1n) is 7.36. The van der Waals surface area contributed by atoms with Gasteiger partial charge in [-0.1, -0.05) is 30.3 Å². The number of morpholine rings is 1. The first-order valence-corrected chi connectivity index (χ1v) is 8.18. The number of thiazole rings is 1. The maximum Gasteiger partial charge on any atom is 0.186 e. The number of anilines is 1. The summed E-state index contributed by atoms with van der Waals surface area (Å²) < 4.78 is 5.42. The SMILES string of the molecule is C1=CC2(CCCC2)Cc2nc(N3CCOCC3)sc21. The summed E-state index contributed by atoms with van der Waals surface area (Å²) in [5.41, 5.74) is 1.79. The molecule has 1 aromatic rings. The third-order valence-corrected chi connectivity index (χ3v) is 5.83. The minimum absolute atomic E-state index is 0.448. The van der Waals surface area contributed by atoms with Crippen molar-refractivity contribution in [1.29, 1.82) is 0 Å². The zero-order valence-corrected chi connectivity index (χ0v) is 12.0. The molecule has 0 N–H and O–H groups in total. The number of allylic oxidation sites excluding steroid dienone is 1. The van der Waals surface area contributed by atoms with Gasteiger partial charge in [0.15, 0.2) is 5.13 Å². The van der Waals surface area contributed by atoms with Crippen LogP contribution >= 0.6 is 11.3 Å². The van der Waals surface area contributed by atoms with Gasteiger partial charge in [-0.25, -0.2) is 4.98 Å². The Balaban J connectivity index is 1.59. The molecule has 2 heterocycles. The molecule has 2 fully saturated rings. The normalized spacial score (nSPS) is 24.9. The van der Waals surface area contributed by atoms with E-state index in [2.05, 4.69) is 17.1 Å². The molecule has 0 atom stereocenters. The zero-order chi connectivity index (χ0) is 12.7. The number of aromatic nitrogens is 1. The van der Waals surface area contributed by atoms with Gasteiger partial charge in [0, 0.05) is 19.5 Å². The molecule has 1 spiro atoms. The lowest BCUT2D eigenvalue weighted by molar-refractivity contribution is 0.122. The largest absolute Gasteiger partial charge is 0.378 e. The highest BCUT2D eigenvalue weighted by atomic mass is 32.1. The number of hydrogen-bond donors (Lipinski definition) is 0. The summed E-state index contributed by atoms with van der Waals surface area (Å²) in [5, 5.41) is 1.20. The second-order valence-corrected chi connectivity index (χ2v) is 7.00. The smallest absolute Gasteiger partial charge is 0.186 e. The van der Waals surface area contributed by atoms with E-state index in [1.165, 1.54) is 47.8 Å². The molecule has 4 heteroatoms. The standard InChI is InChI=1S/C15H20N2OS/c1-2-5-15(4-1)6-3-13-12(11-15)16-14(19-13)17-7-9-18-10-8-17/h3,6H,1-2,4-5,7-11H2. The summed E-state index contributed by atoms with van der Waals surface area (Å²) in [6.45, 7) is 3.65. The summed E-state index contributed by atoms with van der Waals surface area (Å²) in [5.74, 6) is 0. The molecular formula is C15H20N2OS. The minimum atomic E-state index is 0.448. The molecule has 19 heavy (non-hydrogen) atoms. The van der Waals surface area contributed by atoms with Crippen molar-refractivity contribution < 1.29 is 4.74 Å². The highest BCUT2D eigenvalue weighted by molar-refractivity contribution is 7.16. The van der Waals surface area contributed by atoms with Gasteiger partial charge in [0.05, 0.1) is 23.8 Å². The lowest BCUT2D eigenvalue weighted by Crippen LogP contribution is -2.36. The van der Waals surface area contributed by atoms with Crippen LogP contribution in [-0.4, -0.2) is 31.3 Å². The van der Waals surface area contributed by atoms with Gasteiger partial charge < -0.3 is 9.64 Å². The van der Waals surface area contributed by atoms with E-state index < -0.39 is 0 Å². The van der Waals surface area contributed by atoms with Crippen molar-refractivity contribution in [3.63, 3.8) is 0 Å². The molecule has 1 saturated heterocycles.